The number of esters is 1. The Balaban J connectivity index is 1.96. The van der Waals surface area contributed by atoms with Crippen molar-refractivity contribution in [3.8, 4) is 5.75 Å². The third-order valence-corrected chi connectivity index (χ3v) is 3.12. The number of hydrogen-bond donors (Lipinski definition) is 0. The third-order valence-electron chi connectivity index (χ3n) is 3.12. The molecule has 0 atom stereocenters. The lowest BCUT2D eigenvalue weighted by atomic mass is 10.1. The SMILES string of the molecule is COc1ccc(C(=O)OCCn2ccccc2=O)c(C)c1. The number of benzene rings is 1. The maximum Gasteiger partial charge on any atom is 0.338 e. The minimum atomic E-state index is -0.404. The maximum atomic E-state index is 12.0. The van der Waals surface area contributed by atoms with Crippen molar-refractivity contribution in [2.24, 2.45) is 0 Å². The van der Waals surface area contributed by atoms with Crippen LogP contribution >= 0.6 is 0 Å². The smallest absolute Gasteiger partial charge is 0.338 e. The van der Waals surface area contributed by atoms with E-state index >= 15 is 0 Å². The first kappa shape index (κ1) is 14.8. The predicted molar refractivity (Wildman–Crippen MR) is 78.7 cm³/mol. The lowest BCUT2D eigenvalue weighted by molar-refractivity contribution is 0.0489. The van der Waals surface area contributed by atoms with Crippen LogP contribution in [0.25, 0.3) is 0 Å². The Bertz CT molecular complexity index is 691. The molecule has 5 nitrogen and oxygen atoms in total. The van der Waals surface area contributed by atoms with E-state index in [9.17, 15) is 9.59 Å². The fraction of sp³-hybridized carbons (Fsp3) is 0.250. The Morgan fingerprint density at radius 1 is 1.24 bits per heavy atom. The summed E-state index contributed by atoms with van der Waals surface area (Å²) in [5, 5.41) is 0. The maximum absolute atomic E-state index is 12.0. The van der Waals surface area contributed by atoms with E-state index in [1.807, 2.05) is 6.92 Å². The highest BCUT2D eigenvalue weighted by atomic mass is 16.5. The van der Waals surface area contributed by atoms with Crippen LogP contribution in [-0.2, 0) is 11.3 Å². The van der Waals surface area contributed by atoms with Gasteiger partial charge < -0.3 is 14.0 Å². The molecule has 0 aliphatic carbocycles. The van der Waals surface area contributed by atoms with Crippen molar-refractivity contribution in [3.63, 3.8) is 0 Å². The van der Waals surface area contributed by atoms with Crippen molar-refractivity contribution < 1.29 is 14.3 Å². The minimum absolute atomic E-state index is 0.117. The molecule has 2 aromatic rings. The van der Waals surface area contributed by atoms with E-state index in [0.717, 1.165) is 5.56 Å². The zero-order chi connectivity index (χ0) is 15.2. The minimum Gasteiger partial charge on any atom is -0.497 e. The summed E-state index contributed by atoms with van der Waals surface area (Å²) in [6, 6.07) is 10.1. The second kappa shape index (κ2) is 6.74. The molecule has 0 aliphatic heterocycles. The van der Waals surface area contributed by atoms with E-state index in [1.54, 1.807) is 43.6 Å². The van der Waals surface area contributed by atoms with Crippen molar-refractivity contribution in [1.29, 1.82) is 0 Å². The van der Waals surface area contributed by atoms with Gasteiger partial charge in [-0.1, -0.05) is 6.07 Å². The third kappa shape index (κ3) is 3.72. The van der Waals surface area contributed by atoms with Gasteiger partial charge in [0.05, 0.1) is 19.2 Å². The molecule has 1 aromatic heterocycles. The van der Waals surface area contributed by atoms with Gasteiger partial charge in [0.1, 0.15) is 12.4 Å². The Morgan fingerprint density at radius 2 is 2.05 bits per heavy atom. The summed E-state index contributed by atoms with van der Waals surface area (Å²) in [5.74, 6) is 0.291. The van der Waals surface area contributed by atoms with E-state index in [0.29, 0.717) is 17.9 Å². The molecule has 0 aliphatic rings. The van der Waals surface area contributed by atoms with Crippen molar-refractivity contribution in [1.82, 2.24) is 4.57 Å². The Kier molecular flexibility index (Phi) is 4.77. The van der Waals surface area contributed by atoms with Crippen LogP contribution in [0.5, 0.6) is 5.75 Å². The van der Waals surface area contributed by atoms with Gasteiger partial charge in [0, 0.05) is 12.3 Å². The van der Waals surface area contributed by atoms with Gasteiger partial charge in [-0.05, 0) is 36.8 Å². The van der Waals surface area contributed by atoms with Crippen LogP contribution in [0.15, 0.2) is 47.4 Å². The molecule has 0 spiro atoms. The molecule has 2 rings (SSSR count). The number of hydrogen-bond acceptors (Lipinski definition) is 4. The lowest BCUT2D eigenvalue weighted by Crippen LogP contribution is -2.21. The summed E-state index contributed by atoms with van der Waals surface area (Å²) < 4.78 is 11.8. The summed E-state index contributed by atoms with van der Waals surface area (Å²) in [5.41, 5.74) is 1.17. The molecule has 0 fully saturated rings. The number of aromatic nitrogens is 1. The van der Waals surface area contributed by atoms with Crippen LogP contribution in [0.4, 0.5) is 0 Å². The molecule has 5 heteroatoms. The largest absolute Gasteiger partial charge is 0.497 e. The van der Waals surface area contributed by atoms with Gasteiger partial charge in [0.25, 0.3) is 5.56 Å². The van der Waals surface area contributed by atoms with Crippen molar-refractivity contribution in [3.05, 3.63) is 64.1 Å². The topological polar surface area (TPSA) is 57.5 Å². The molecule has 0 N–H and O–H groups in total. The van der Waals surface area contributed by atoms with Crippen LogP contribution in [0.1, 0.15) is 15.9 Å². The molecule has 21 heavy (non-hydrogen) atoms. The van der Waals surface area contributed by atoms with E-state index in [-0.39, 0.29) is 12.2 Å². The van der Waals surface area contributed by atoms with E-state index in [4.69, 9.17) is 9.47 Å². The molecule has 1 heterocycles. The first-order valence-electron chi connectivity index (χ1n) is 6.59. The van der Waals surface area contributed by atoms with Gasteiger partial charge in [-0.15, -0.1) is 0 Å². The predicted octanol–water partition coefficient (Wildman–Crippen LogP) is 2.02. The van der Waals surface area contributed by atoms with E-state index < -0.39 is 5.97 Å². The van der Waals surface area contributed by atoms with Crippen LogP contribution in [0.3, 0.4) is 0 Å². The number of nitrogens with zero attached hydrogens (tertiary/aromatic N) is 1. The second-order valence-electron chi connectivity index (χ2n) is 4.55. The average Bonchev–Trinajstić information content (AvgIpc) is 2.48. The number of aryl methyl sites for hydroxylation is 1. The number of carbonyl (C=O) groups excluding carboxylic acids is 1. The second-order valence-corrected chi connectivity index (χ2v) is 4.55. The average molecular weight is 287 g/mol. The summed E-state index contributed by atoms with van der Waals surface area (Å²) >= 11 is 0. The van der Waals surface area contributed by atoms with Crippen LogP contribution in [-0.4, -0.2) is 24.3 Å². The number of rotatable bonds is 5. The molecule has 110 valence electrons. The summed E-state index contributed by atoms with van der Waals surface area (Å²) in [6.45, 7) is 2.30. The fourth-order valence-corrected chi connectivity index (χ4v) is 1.95. The molecule has 0 amide bonds. The van der Waals surface area contributed by atoms with E-state index in [2.05, 4.69) is 0 Å². The van der Waals surface area contributed by atoms with Crippen LogP contribution < -0.4 is 10.3 Å². The molecular formula is C16H17NO4. The van der Waals surface area contributed by atoms with Gasteiger partial charge in [0.15, 0.2) is 0 Å². The molecule has 0 radical (unpaired) electrons. The highest BCUT2D eigenvalue weighted by molar-refractivity contribution is 5.91. The summed E-state index contributed by atoms with van der Waals surface area (Å²) in [4.78, 5) is 23.5. The Labute approximate surface area is 122 Å². The van der Waals surface area contributed by atoms with Crippen molar-refractivity contribution in [2.45, 2.75) is 13.5 Å². The van der Waals surface area contributed by atoms with Gasteiger partial charge in [-0.3, -0.25) is 4.79 Å². The molecule has 0 bridgehead atoms. The number of ether oxygens (including phenoxy) is 2. The zero-order valence-electron chi connectivity index (χ0n) is 12.0. The quantitative estimate of drug-likeness (QED) is 0.789. The number of pyridine rings is 1. The van der Waals surface area contributed by atoms with Gasteiger partial charge in [-0.2, -0.15) is 0 Å². The summed E-state index contributed by atoms with van der Waals surface area (Å²) in [7, 11) is 1.57. The highest BCUT2D eigenvalue weighted by Crippen LogP contribution is 2.17. The number of carbonyl (C=O) groups is 1. The fourth-order valence-electron chi connectivity index (χ4n) is 1.95. The first-order chi connectivity index (χ1) is 10.1. The highest BCUT2D eigenvalue weighted by Gasteiger charge is 2.11. The zero-order valence-corrected chi connectivity index (χ0v) is 12.0. The lowest BCUT2D eigenvalue weighted by Gasteiger charge is -2.09. The van der Waals surface area contributed by atoms with Gasteiger partial charge in [0.2, 0.25) is 0 Å². The van der Waals surface area contributed by atoms with Crippen LogP contribution in [0, 0.1) is 6.92 Å². The van der Waals surface area contributed by atoms with Gasteiger partial charge in [-0.25, -0.2) is 4.79 Å². The first-order valence-corrected chi connectivity index (χ1v) is 6.59. The Hall–Kier alpha value is -2.56. The molecule has 0 unspecified atom stereocenters. The number of methoxy groups -OCH3 is 1. The monoisotopic (exact) mass is 287 g/mol. The Morgan fingerprint density at radius 3 is 2.71 bits per heavy atom. The van der Waals surface area contributed by atoms with Crippen LogP contribution in [0.2, 0.25) is 0 Å². The molecule has 0 saturated heterocycles. The van der Waals surface area contributed by atoms with Gasteiger partial charge >= 0.3 is 5.97 Å². The molecule has 0 saturated carbocycles. The standard InChI is InChI=1S/C16H17NO4/c1-12-11-13(20-2)6-7-14(12)16(19)21-10-9-17-8-4-3-5-15(17)18/h3-8,11H,9-10H2,1-2H3. The normalized spacial score (nSPS) is 10.2. The summed E-state index contributed by atoms with van der Waals surface area (Å²) in [6.07, 6.45) is 1.66. The molecular weight excluding hydrogens is 270 g/mol. The van der Waals surface area contributed by atoms with Crippen molar-refractivity contribution in [2.75, 3.05) is 13.7 Å². The molecule has 1 aromatic carbocycles. The van der Waals surface area contributed by atoms with Crippen molar-refractivity contribution >= 4 is 5.97 Å². The van der Waals surface area contributed by atoms with E-state index in [1.165, 1.54) is 10.6 Å².